The van der Waals surface area contributed by atoms with Gasteiger partial charge in [-0.05, 0) is 43.4 Å². The van der Waals surface area contributed by atoms with Gasteiger partial charge in [0.15, 0.2) is 0 Å². The smallest absolute Gasteiger partial charge is 0.340 e. The molecule has 0 saturated carbocycles. The highest BCUT2D eigenvalue weighted by molar-refractivity contribution is 5.77. The zero-order valence-electron chi connectivity index (χ0n) is 13.4. The number of carbonyl (C=O) groups is 1. The quantitative estimate of drug-likeness (QED) is 0.921. The number of amides is 1. The molecule has 0 aliphatic carbocycles. The molecule has 23 heavy (non-hydrogen) atoms. The molecule has 6 heteroatoms. The van der Waals surface area contributed by atoms with Crippen LogP contribution in [0.5, 0.6) is 0 Å². The molecule has 0 radical (unpaired) electrons. The first-order valence-electron chi connectivity index (χ1n) is 7.89. The van der Waals surface area contributed by atoms with Crippen LogP contribution in [-0.2, 0) is 11.0 Å². The van der Waals surface area contributed by atoms with Crippen LogP contribution in [0.4, 0.5) is 13.2 Å². The van der Waals surface area contributed by atoms with E-state index in [4.69, 9.17) is 5.73 Å². The molecule has 128 valence electrons. The number of carbonyl (C=O) groups excluding carboxylic acids is 1. The van der Waals surface area contributed by atoms with Gasteiger partial charge in [-0.3, -0.25) is 4.79 Å². The normalized spacial score (nSPS) is 23.1. The van der Waals surface area contributed by atoms with E-state index in [1.54, 1.807) is 13.0 Å². The molecule has 1 fully saturated rings. The Morgan fingerprint density at radius 3 is 2.70 bits per heavy atom. The van der Waals surface area contributed by atoms with E-state index < -0.39 is 11.7 Å². The van der Waals surface area contributed by atoms with Crippen LogP contribution >= 0.6 is 0 Å². The number of alkyl halides is 3. The zero-order chi connectivity index (χ0) is 17.2. The van der Waals surface area contributed by atoms with Crippen molar-refractivity contribution in [2.75, 3.05) is 13.1 Å². The first-order valence-corrected chi connectivity index (χ1v) is 7.89. The summed E-state index contributed by atoms with van der Waals surface area (Å²) in [4.78, 5) is 14.3. The number of hydrogen-bond donors (Lipinski definition) is 1. The Balaban J connectivity index is 2.04. The van der Waals surface area contributed by atoms with E-state index in [0.717, 1.165) is 18.6 Å². The summed E-state index contributed by atoms with van der Waals surface area (Å²) in [6.45, 7) is 4.97. The number of rotatable bonds is 4. The van der Waals surface area contributed by atoms with Crippen LogP contribution in [0.1, 0.15) is 43.7 Å². The molecule has 1 aromatic carbocycles. The van der Waals surface area contributed by atoms with Crippen molar-refractivity contribution >= 4 is 5.91 Å². The molecule has 2 rings (SSSR count). The van der Waals surface area contributed by atoms with Crippen LogP contribution in [0.3, 0.4) is 0 Å². The highest BCUT2D eigenvalue weighted by Gasteiger charge is 2.33. The molecular weight excluding hydrogens is 305 g/mol. The van der Waals surface area contributed by atoms with E-state index in [2.05, 4.69) is 0 Å². The molecule has 0 aromatic heterocycles. The summed E-state index contributed by atoms with van der Waals surface area (Å²) in [6.07, 6.45) is -3.26. The van der Waals surface area contributed by atoms with Gasteiger partial charge in [0.25, 0.3) is 0 Å². The Bertz CT molecular complexity index is 559. The van der Waals surface area contributed by atoms with Crippen LogP contribution in [0.2, 0.25) is 0 Å². The van der Waals surface area contributed by atoms with Gasteiger partial charge < -0.3 is 10.6 Å². The maximum atomic E-state index is 12.8. The summed E-state index contributed by atoms with van der Waals surface area (Å²) in [5.41, 5.74) is 5.53. The minimum absolute atomic E-state index is 0.0154. The number of nitrogens with zero attached hydrogens (tertiary/aromatic N) is 1. The van der Waals surface area contributed by atoms with E-state index in [1.165, 1.54) is 6.07 Å². The summed E-state index contributed by atoms with van der Waals surface area (Å²) >= 11 is 0. The topological polar surface area (TPSA) is 46.3 Å². The molecule has 1 heterocycles. The Morgan fingerprint density at radius 2 is 2.13 bits per heavy atom. The summed E-state index contributed by atoms with van der Waals surface area (Å²) in [7, 11) is 0. The molecule has 0 spiro atoms. The molecule has 1 aliphatic heterocycles. The van der Waals surface area contributed by atoms with Crippen molar-refractivity contribution in [3.8, 4) is 0 Å². The van der Waals surface area contributed by atoms with Gasteiger partial charge >= 0.3 is 6.18 Å². The van der Waals surface area contributed by atoms with Gasteiger partial charge in [-0.15, -0.1) is 0 Å². The van der Waals surface area contributed by atoms with Gasteiger partial charge in [0.2, 0.25) is 5.91 Å². The third-order valence-electron chi connectivity index (χ3n) is 4.58. The largest absolute Gasteiger partial charge is 0.416 e. The predicted molar refractivity (Wildman–Crippen MR) is 82.8 cm³/mol. The van der Waals surface area contributed by atoms with Crippen molar-refractivity contribution in [1.82, 2.24) is 4.90 Å². The molecule has 1 amide bonds. The lowest BCUT2D eigenvalue weighted by molar-refractivity contribution is -0.137. The highest BCUT2D eigenvalue weighted by Crippen LogP contribution is 2.32. The van der Waals surface area contributed by atoms with Gasteiger partial charge in [-0.2, -0.15) is 13.2 Å². The monoisotopic (exact) mass is 328 g/mol. The molecule has 2 N–H and O–H groups in total. The van der Waals surface area contributed by atoms with Crippen molar-refractivity contribution in [1.29, 1.82) is 0 Å². The second kappa shape index (κ2) is 6.91. The second-order valence-electron chi connectivity index (χ2n) is 6.46. The molecular formula is C17H23F3N2O. The first kappa shape index (κ1) is 17.8. The van der Waals surface area contributed by atoms with E-state index in [9.17, 15) is 18.0 Å². The minimum atomic E-state index is -4.36. The van der Waals surface area contributed by atoms with E-state index in [-0.39, 0.29) is 24.3 Å². The van der Waals surface area contributed by atoms with Gasteiger partial charge in [-0.25, -0.2) is 0 Å². The van der Waals surface area contributed by atoms with Crippen molar-refractivity contribution in [3.63, 3.8) is 0 Å². The van der Waals surface area contributed by atoms with Crippen LogP contribution in [0.25, 0.3) is 0 Å². The van der Waals surface area contributed by atoms with E-state index in [0.29, 0.717) is 24.6 Å². The van der Waals surface area contributed by atoms with Crippen molar-refractivity contribution in [2.24, 2.45) is 11.7 Å². The maximum absolute atomic E-state index is 12.8. The number of benzene rings is 1. The summed E-state index contributed by atoms with van der Waals surface area (Å²) < 4.78 is 38.4. The van der Waals surface area contributed by atoms with Crippen LogP contribution in [0.15, 0.2) is 24.3 Å². The van der Waals surface area contributed by atoms with E-state index >= 15 is 0 Å². The SMILES string of the molecule is CC(CC(=O)N1CC(CN)CC1C)c1cccc(C(F)(F)F)c1. The van der Waals surface area contributed by atoms with E-state index in [1.807, 2.05) is 11.8 Å². The number of nitrogens with two attached hydrogens (primary N) is 1. The van der Waals surface area contributed by atoms with Crippen molar-refractivity contribution in [3.05, 3.63) is 35.4 Å². The second-order valence-corrected chi connectivity index (χ2v) is 6.46. The molecule has 1 saturated heterocycles. The lowest BCUT2D eigenvalue weighted by Gasteiger charge is -2.24. The third kappa shape index (κ3) is 4.25. The molecule has 1 aliphatic rings. The zero-order valence-corrected chi connectivity index (χ0v) is 13.4. The number of hydrogen-bond acceptors (Lipinski definition) is 2. The third-order valence-corrected chi connectivity index (χ3v) is 4.58. The fraction of sp³-hybridized carbons (Fsp3) is 0.588. The van der Waals surface area contributed by atoms with Gasteiger partial charge in [0.05, 0.1) is 5.56 Å². The number of halogens is 3. The maximum Gasteiger partial charge on any atom is 0.416 e. The standard InChI is InChI=1S/C17H23F3N2O/c1-11(14-4-3-5-15(8-14)17(18,19)20)6-16(23)22-10-13(9-21)7-12(22)2/h3-5,8,11-13H,6-7,9-10,21H2,1-2H3. The van der Waals surface area contributed by atoms with Crippen LogP contribution < -0.4 is 5.73 Å². The Hall–Kier alpha value is -1.56. The molecule has 3 atom stereocenters. The lowest BCUT2D eigenvalue weighted by atomic mass is 9.95. The molecule has 0 bridgehead atoms. The summed E-state index contributed by atoms with van der Waals surface area (Å²) in [5.74, 6) is 0.0464. The van der Waals surface area contributed by atoms with Crippen LogP contribution in [0, 0.1) is 5.92 Å². The Kier molecular flexibility index (Phi) is 5.34. The summed E-state index contributed by atoms with van der Waals surface area (Å²) in [6, 6.07) is 5.36. The fourth-order valence-electron chi connectivity index (χ4n) is 3.18. The lowest BCUT2D eigenvalue weighted by Crippen LogP contribution is -2.35. The van der Waals surface area contributed by atoms with Gasteiger partial charge in [0, 0.05) is 19.0 Å². The molecule has 3 unspecified atom stereocenters. The molecule has 3 nitrogen and oxygen atoms in total. The minimum Gasteiger partial charge on any atom is -0.340 e. The molecule has 1 aromatic rings. The van der Waals surface area contributed by atoms with Crippen LogP contribution in [-0.4, -0.2) is 29.9 Å². The fourth-order valence-corrected chi connectivity index (χ4v) is 3.18. The summed E-state index contributed by atoms with van der Waals surface area (Å²) in [5, 5.41) is 0. The van der Waals surface area contributed by atoms with Gasteiger partial charge in [0.1, 0.15) is 0 Å². The Morgan fingerprint density at radius 1 is 1.43 bits per heavy atom. The van der Waals surface area contributed by atoms with Crippen molar-refractivity contribution < 1.29 is 18.0 Å². The van der Waals surface area contributed by atoms with Gasteiger partial charge in [-0.1, -0.05) is 25.1 Å². The average molecular weight is 328 g/mol. The first-order chi connectivity index (χ1) is 10.7. The predicted octanol–water partition coefficient (Wildman–Crippen LogP) is 3.39. The Labute approximate surface area is 134 Å². The average Bonchev–Trinajstić information content (AvgIpc) is 2.87. The van der Waals surface area contributed by atoms with Crippen molar-refractivity contribution in [2.45, 2.75) is 44.8 Å². The number of likely N-dealkylation sites (tertiary alicyclic amines) is 1. The highest BCUT2D eigenvalue weighted by atomic mass is 19.4.